The third kappa shape index (κ3) is 4.85. The highest BCUT2D eigenvalue weighted by molar-refractivity contribution is 4.92. The van der Waals surface area contributed by atoms with E-state index in [4.69, 9.17) is 4.74 Å². The number of nitrogens with one attached hydrogen (secondary N) is 1. The van der Waals surface area contributed by atoms with Crippen molar-refractivity contribution in [3.63, 3.8) is 0 Å². The number of ether oxygens (including phenoxy) is 1. The first kappa shape index (κ1) is 14.2. The maximum atomic E-state index is 9.84. The number of aromatic nitrogens is 2. The Morgan fingerprint density at radius 2 is 2.29 bits per heavy atom. The van der Waals surface area contributed by atoms with Crippen molar-refractivity contribution in [1.29, 1.82) is 0 Å². The van der Waals surface area contributed by atoms with Crippen LogP contribution in [0.5, 0.6) is 0 Å². The molecule has 0 fully saturated rings. The fourth-order valence-corrected chi connectivity index (χ4v) is 1.46. The van der Waals surface area contributed by atoms with Gasteiger partial charge in [-0.3, -0.25) is 0 Å². The predicted octanol–water partition coefficient (Wildman–Crippen LogP) is 0.636. The topological polar surface area (TPSA) is 59.3 Å². The molecule has 98 valence electrons. The van der Waals surface area contributed by atoms with E-state index < -0.39 is 0 Å². The van der Waals surface area contributed by atoms with E-state index in [2.05, 4.69) is 10.3 Å². The zero-order chi connectivity index (χ0) is 12.7. The molecule has 2 N–H and O–H groups in total. The monoisotopic (exact) mass is 241 g/mol. The minimum atomic E-state index is -0.332. The first-order chi connectivity index (χ1) is 8.15. The molecule has 0 bridgehead atoms. The van der Waals surface area contributed by atoms with E-state index in [-0.39, 0.29) is 12.0 Å². The predicted molar refractivity (Wildman–Crippen MR) is 66.7 cm³/mol. The molecule has 0 aromatic carbocycles. The van der Waals surface area contributed by atoms with Gasteiger partial charge in [-0.2, -0.15) is 0 Å². The lowest BCUT2D eigenvalue weighted by molar-refractivity contribution is 0.106. The van der Waals surface area contributed by atoms with Crippen molar-refractivity contribution in [3.8, 4) is 0 Å². The van der Waals surface area contributed by atoms with E-state index in [1.807, 2.05) is 24.6 Å². The Morgan fingerprint density at radius 3 is 2.94 bits per heavy atom. The Labute approximate surface area is 103 Å². The standard InChI is InChI=1S/C12H23N3O2/c1-10(2)11(16)9-15-6-4-14-12(15)8-13-5-7-17-3/h4,6,10-11,13,16H,5,7-9H2,1-3H3. The smallest absolute Gasteiger partial charge is 0.122 e. The van der Waals surface area contributed by atoms with E-state index in [0.717, 1.165) is 12.4 Å². The molecule has 0 spiro atoms. The maximum absolute atomic E-state index is 9.84. The van der Waals surface area contributed by atoms with Gasteiger partial charge in [0.25, 0.3) is 0 Å². The highest BCUT2D eigenvalue weighted by Crippen LogP contribution is 2.06. The van der Waals surface area contributed by atoms with Crippen LogP contribution in [0.1, 0.15) is 19.7 Å². The molecule has 5 heteroatoms. The van der Waals surface area contributed by atoms with Gasteiger partial charge in [-0.05, 0) is 5.92 Å². The lowest BCUT2D eigenvalue weighted by atomic mass is 10.1. The Kier molecular flexibility index (Phi) is 6.18. The Hall–Kier alpha value is -0.910. The summed E-state index contributed by atoms with van der Waals surface area (Å²) in [7, 11) is 1.68. The number of rotatable bonds is 8. The number of aliphatic hydroxyl groups is 1. The molecular weight excluding hydrogens is 218 g/mol. The second-order valence-electron chi connectivity index (χ2n) is 4.48. The van der Waals surface area contributed by atoms with Crippen molar-refractivity contribution >= 4 is 0 Å². The molecule has 1 atom stereocenters. The van der Waals surface area contributed by atoms with Crippen molar-refractivity contribution in [2.24, 2.45) is 5.92 Å². The molecule has 1 aromatic heterocycles. The first-order valence-corrected chi connectivity index (χ1v) is 6.03. The van der Waals surface area contributed by atoms with Crippen LogP contribution in [0.3, 0.4) is 0 Å². The van der Waals surface area contributed by atoms with Gasteiger partial charge < -0.3 is 19.7 Å². The van der Waals surface area contributed by atoms with Gasteiger partial charge >= 0.3 is 0 Å². The molecule has 1 unspecified atom stereocenters. The van der Waals surface area contributed by atoms with Gasteiger partial charge in [0, 0.05) is 26.0 Å². The molecule has 0 amide bonds. The highest BCUT2D eigenvalue weighted by atomic mass is 16.5. The van der Waals surface area contributed by atoms with Gasteiger partial charge in [-0.25, -0.2) is 4.98 Å². The number of imidazole rings is 1. The lowest BCUT2D eigenvalue weighted by Gasteiger charge is -2.16. The second-order valence-corrected chi connectivity index (χ2v) is 4.48. The maximum Gasteiger partial charge on any atom is 0.122 e. The molecule has 5 nitrogen and oxygen atoms in total. The van der Waals surface area contributed by atoms with E-state index in [9.17, 15) is 5.11 Å². The summed E-state index contributed by atoms with van der Waals surface area (Å²) in [5.74, 6) is 1.20. The Balaban J connectivity index is 2.42. The normalized spacial score (nSPS) is 13.2. The summed E-state index contributed by atoms with van der Waals surface area (Å²) in [6, 6.07) is 0. The summed E-state index contributed by atoms with van der Waals surface area (Å²) in [5.41, 5.74) is 0. The molecule has 1 aromatic rings. The average Bonchev–Trinajstić information content (AvgIpc) is 2.72. The third-order valence-corrected chi connectivity index (χ3v) is 2.72. The number of aliphatic hydroxyl groups excluding tert-OH is 1. The molecule has 0 saturated carbocycles. The molecule has 0 saturated heterocycles. The molecule has 0 radical (unpaired) electrons. The zero-order valence-corrected chi connectivity index (χ0v) is 10.9. The third-order valence-electron chi connectivity index (χ3n) is 2.72. The average molecular weight is 241 g/mol. The zero-order valence-electron chi connectivity index (χ0n) is 10.9. The van der Waals surface area contributed by atoms with Gasteiger partial charge in [-0.1, -0.05) is 13.8 Å². The molecule has 1 heterocycles. The van der Waals surface area contributed by atoms with Gasteiger partial charge in [0.15, 0.2) is 0 Å². The van der Waals surface area contributed by atoms with Crippen LogP contribution >= 0.6 is 0 Å². The molecule has 0 aliphatic heterocycles. The van der Waals surface area contributed by atoms with Gasteiger partial charge in [-0.15, -0.1) is 0 Å². The van der Waals surface area contributed by atoms with Crippen molar-refractivity contribution in [2.75, 3.05) is 20.3 Å². The number of methoxy groups -OCH3 is 1. The van der Waals surface area contributed by atoms with E-state index in [1.165, 1.54) is 0 Å². The summed E-state index contributed by atoms with van der Waals surface area (Å²) in [4.78, 5) is 4.27. The molecule has 0 aliphatic rings. The Morgan fingerprint density at radius 1 is 1.53 bits per heavy atom. The van der Waals surface area contributed by atoms with Crippen LogP contribution in [0.15, 0.2) is 12.4 Å². The lowest BCUT2D eigenvalue weighted by Crippen LogP contribution is -2.25. The quantitative estimate of drug-likeness (QED) is 0.656. The molecular formula is C12H23N3O2. The second kappa shape index (κ2) is 7.42. The van der Waals surface area contributed by atoms with Crippen molar-refractivity contribution in [3.05, 3.63) is 18.2 Å². The van der Waals surface area contributed by atoms with Gasteiger partial charge in [0.1, 0.15) is 5.82 Å². The Bertz CT molecular complexity index is 312. The van der Waals surface area contributed by atoms with Crippen LogP contribution < -0.4 is 5.32 Å². The first-order valence-electron chi connectivity index (χ1n) is 6.03. The van der Waals surface area contributed by atoms with Crippen molar-refractivity contribution in [2.45, 2.75) is 33.0 Å². The van der Waals surface area contributed by atoms with Crippen LogP contribution in [0.4, 0.5) is 0 Å². The van der Waals surface area contributed by atoms with Crippen LogP contribution in [0.25, 0.3) is 0 Å². The molecule has 1 rings (SSSR count). The number of hydrogen-bond donors (Lipinski definition) is 2. The fourth-order valence-electron chi connectivity index (χ4n) is 1.46. The van der Waals surface area contributed by atoms with Crippen LogP contribution in [0.2, 0.25) is 0 Å². The summed E-state index contributed by atoms with van der Waals surface area (Å²) < 4.78 is 6.95. The molecule has 17 heavy (non-hydrogen) atoms. The molecule has 0 aliphatic carbocycles. The van der Waals surface area contributed by atoms with E-state index >= 15 is 0 Å². The highest BCUT2D eigenvalue weighted by Gasteiger charge is 2.11. The van der Waals surface area contributed by atoms with Crippen LogP contribution in [0, 0.1) is 5.92 Å². The SMILES string of the molecule is COCCNCc1nccn1CC(O)C(C)C. The van der Waals surface area contributed by atoms with Gasteiger partial charge in [0.05, 0.1) is 25.8 Å². The summed E-state index contributed by atoms with van der Waals surface area (Å²) in [6.07, 6.45) is 3.33. The minimum Gasteiger partial charge on any atom is -0.391 e. The van der Waals surface area contributed by atoms with E-state index in [1.54, 1.807) is 13.3 Å². The number of nitrogens with zero attached hydrogens (tertiary/aromatic N) is 2. The van der Waals surface area contributed by atoms with Gasteiger partial charge in [0.2, 0.25) is 0 Å². The minimum absolute atomic E-state index is 0.256. The summed E-state index contributed by atoms with van der Waals surface area (Å²) >= 11 is 0. The fraction of sp³-hybridized carbons (Fsp3) is 0.750. The van der Waals surface area contributed by atoms with Crippen molar-refractivity contribution < 1.29 is 9.84 Å². The summed E-state index contributed by atoms with van der Waals surface area (Å²) in [5, 5.41) is 13.1. The number of hydrogen-bond acceptors (Lipinski definition) is 4. The summed E-state index contributed by atoms with van der Waals surface area (Å²) in [6.45, 7) is 6.81. The van der Waals surface area contributed by atoms with Crippen LogP contribution in [-0.4, -0.2) is 41.0 Å². The largest absolute Gasteiger partial charge is 0.391 e. The van der Waals surface area contributed by atoms with Crippen LogP contribution in [-0.2, 0) is 17.8 Å². The van der Waals surface area contributed by atoms with E-state index in [0.29, 0.717) is 19.7 Å². The van der Waals surface area contributed by atoms with Crippen molar-refractivity contribution in [1.82, 2.24) is 14.9 Å².